The Balaban J connectivity index is 1.62. The fourth-order valence-electron chi connectivity index (χ4n) is 4.85. The lowest BCUT2D eigenvalue weighted by Gasteiger charge is -2.33. The summed E-state index contributed by atoms with van der Waals surface area (Å²) in [6, 6.07) is 24.4. The molecule has 1 aliphatic carbocycles. The maximum absolute atomic E-state index is 13.8. The molecule has 6 heteroatoms. The van der Waals surface area contributed by atoms with Gasteiger partial charge in [-0.1, -0.05) is 97.6 Å². The van der Waals surface area contributed by atoms with Crippen molar-refractivity contribution in [2.75, 3.05) is 6.61 Å². The van der Waals surface area contributed by atoms with E-state index >= 15 is 0 Å². The van der Waals surface area contributed by atoms with Crippen molar-refractivity contribution < 1.29 is 14.3 Å². The third-order valence-corrected chi connectivity index (χ3v) is 7.32. The van der Waals surface area contributed by atoms with Crippen LogP contribution < -0.4 is 10.1 Å². The highest BCUT2D eigenvalue weighted by Gasteiger charge is 2.32. The molecule has 1 fully saturated rings. The molecule has 2 amide bonds. The fraction of sp³-hybridized carbons (Fsp3) is 0.355. The molecule has 0 aromatic heterocycles. The first kappa shape index (κ1) is 26.7. The summed E-state index contributed by atoms with van der Waals surface area (Å²) in [6.45, 7) is 2.12. The Morgan fingerprint density at radius 2 is 1.62 bits per heavy atom. The topological polar surface area (TPSA) is 58.6 Å². The van der Waals surface area contributed by atoms with Gasteiger partial charge in [0.2, 0.25) is 5.91 Å². The van der Waals surface area contributed by atoms with Crippen LogP contribution in [0.5, 0.6) is 5.75 Å². The van der Waals surface area contributed by atoms with Crippen molar-refractivity contribution >= 4 is 23.4 Å². The highest BCUT2D eigenvalue weighted by Crippen LogP contribution is 2.24. The second-order valence-corrected chi connectivity index (χ2v) is 10.1. The van der Waals surface area contributed by atoms with E-state index in [1.807, 2.05) is 73.7 Å². The largest absolute Gasteiger partial charge is 0.482 e. The predicted octanol–water partition coefficient (Wildman–Crippen LogP) is 6.12. The number of halogens is 1. The third-order valence-electron chi connectivity index (χ3n) is 7.01. The molecule has 0 saturated heterocycles. The summed E-state index contributed by atoms with van der Waals surface area (Å²) in [5.41, 5.74) is 3.07. The van der Waals surface area contributed by atoms with Gasteiger partial charge in [-0.25, -0.2) is 0 Å². The Hall–Kier alpha value is -3.31. The molecule has 1 unspecified atom stereocenters. The number of nitrogens with zero attached hydrogens (tertiary/aromatic N) is 1. The average molecular weight is 519 g/mol. The van der Waals surface area contributed by atoms with E-state index < -0.39 is 6.04 Å². The van der Waals surface area contributed by atoms with E-state index in [1.165, 1.54) is 6.42 Å². The van der Waals surface area contributed by atoms with Crippen LogP contribution in [-0.4, -0.2) is 35.4 Å². The van der Waals surface area contributed by atoms with Crippen LogP contribution in [0.3, 0.4) is 0 Å². The lowest BCUT2D eigenvalue weighted by Crippen LogP contribution is -2.53. The molecule has 3 aromatic carbocycles. The number of rotatable bonds is 10. The van der Waals surface area contributed by atoms with Crippen LogP contribution in [0.1, 0.15) is 48.8 Å². The monoisotopic (exact) mass is 518 g/mol. The predicted molar refractivity (Wildman–Crippen MR) is 148 cm³/mol. The maximum Gasteiger partial charge on any atom is 0.261 e. The van der Waals surface area contributed by atoms with Gasteiger partial charge in [0, 0.05) is 19.0 Å². The van der Waals surface area contributed by atoms with Crippen molar-refractivity contribution in [3.05, 3.63) is 101 Å². The van der Waals surface area contributed by atoms with E-state index in [1.54, 1.807) is 17.0 Å². The van der Waals surface area contributed by atoms with Crippen molar-refractivity contribution in [2.24, 2.45) is 0 Å². The summed E-state index contributed by atoms with van der Waals surface area (Å²) in [4.78, 5) is 29.2. The normalized spacial score (nSPS) is 14.5. The van der Waals surface area contributed by atoms with Gasteiger partial charge < -0.3 is 15.0 Å². The zero-order valence-electron chi connectivity index (χ0n) is 21.4. The SMILES string of the molecule is Cc1ccccc1CN(C(=O)COc1ccccc1Cl)C(Cc1ccccc1)C(=O)NC1CCCCC1. The summed E-state index contributed by atoms with van der Waals surface area (Å²) in [5, 5.41) is 3.70. The minimum atomic E-state index is -0.675. The van der Waals surface area contributed by atoms with Crippen LogP contribution in [0.2, 0.25) is 5.02 Å². The van der Waals surface area contributed by atoms with Gasteiger partial charge in [0.25, 0.3) is 5.91 Å². The quantitative estimate of drug-likeness (QED) is 0.352. The molecule has 0 radical (unpaired) electrons. The summed E-state index contributed by atoms with van der Waals surface area (Å²) >= 11 is 6.25. The first-order valence-corrected chi connectivity index (χ1v) is 13.4. The molecule has 4 rings (SSSR count). The first-order valence-electron chi connectivity index (χ1n) is 13.1. The standard InChI is InChI=1S/C31H35ClN2O3/c1-23-12-8-9-15-25(23)21-34(30(35)22-37-29-19-11-10-18-27(29)32)28(20-24-13-4-2-5-14-24)31(36)33-26-16-6-3-7-17-26/h2,4-5,8-15,18-19,26,28H,3,6-7,16-17,20-22H2,1H3,(H,33,36). The lowest BCUT2D eigenvalue weighted by atomic mass is 9.94. The number of ether oxygens (including phenoxy) is 1. The number of hydrogen-bond donors (Lipinski definition) is 1. The van der Waals surface area contributed by atoms with Crippen molar-refractivity contribution in [1.29, 1.82) is 0 Å². The van der Waals surface area contributed by atoms with E-state index in [4.69, 9.17) is 16.3 Å². The van der Waals surface area contributed by atoms with Crippen molar-refractivity contribution in [3.63, 3.8) is 0 Å². The molecule has 1 saturated carbocycles. The van der Waals surface area contributed by atoms with Gasteiger partial charge in [0.15, 0.2) is 6.61 Å². The Morgan fingerprint density at radius 3 is 2.35 bits per heavy atom. The molecular formula is C31H35ClN2O3. The molecule has 3 aromatic rings. The van der Waals surface area contributed by atoms with E-state index in [9.17, 15) is 9.59 Å². The van der Waals surface area contributed by atoms with Gasteiger partial charge in [-0.3, -0.25) is 9.59 Å². The van der Waals surface area contributed by atoms with Gasteiger partial charge in [-0.2, -0.15) is 0 Å². The Labute approximate surface area is 224 Å². The van der Waals surface area contributed by atoms with Crippen LogP contribution in [0.4, 0.5) is 0 Å². The molecule has 194 valence electrons. The van der Waals surface area contributed by atoms with Crippen LogP contribution in [0.15, 0.2) is 78.9 Å². The molecule has 0 aliphatic heterocycles. The Kier molecular flexibility index (Phi) is 9.61. The molecule has 1 aliphatic rings. The number of hydrogen-bond acceptors (Lipinski definition) is 3. The fourth-order valence-corrected chi connectivity index (χ4v) is 5.04. The van der Waals surface area contributed by atoms with E-state index in [2.05, 4.69) is 5.32 Å². The van der Waals surface area contributed by atoms with Crippen molar-refractivity contribution in [1.82, 2.24) is 10.2 Å². The van der Waals surface area contributed by atoms with Gasteiger partial charge in [0.05, 0.1) is 5.02 Å². The average Bonchev–Trinajstić information content (AvgIpc) is 2.92. The van der Waals surface area contributed by atoms with Gasteiger partial charge in [0.1, 0.15) is 11.8 Å². The molecule has 0 spiro atoms. The first-order chi connectivity index (χ1) is 18.0. The summed E-state index contributed by atoms with van der Waals surface area (Å²) in [6.07, 6.45) is 5.81. The number of benzene rings is 3. The lowest BCUT2D eigenvalue weighted by molar-refractivity contribution is -0.143. The number of amides is 2. The van der Waals surface area contributed by atoms with Crippen LogP contribution in [0, 0.1) is 6.92 Å². The summed E-state index contributed by atoms with van der Waals surface area (Å²) < 4.78 is 5.82. The van der Waals surface area contributed by atoms with E-state index in [0.29, 0.717) is 23.7 Å². The second kappa shape index (κ2) is 13.3. The van der Waals surface area contributed by atoms with Gasteiger partial charge in [-0.15, -0.1) is 0 Å². The molecular weight excluding hydrogens is 484 g/mol. The summed E-state index contributed by atoms with van der Waals surface area (Å²) in [7, 11) is 0. The van der Waals surface area contributed by atoms with Crippen LogP contribution in [0.25, 0.3) is 0 Å². The molecule has 0 heterocycles. The smallest absolute Gasteiger partial charge is 0.261 e. The molecule has 0 bridgehead atoms. The molecule has 37 heavy (non-hydrogen) atoms. The Morgan fingerprint density at radius 1 is 0.946 bits per heavy atom. The van der Waals surface area contributed by atoms with Crippen molar-refractivity contribution in [3.8, 4) is 5.75 Å². The molecule has 1 N–H and O–H groups in total. The van der Waals surface area contributed by atoms with Gasteiger partial charge in [-0.05, 0) is 48.6 Å². The van der Waals surface area contributed by atoms with Crippen molar-refractivity contribution in [2.45, 2.75) is 64.1 Å². The molecule has 1 atom stereocenters. The van der Waals surface area contributed by atoms with E-state index in [-0.39, 0.29) is 24.5 Å². The number of nitrogens with one attached hydrogen (secondary N) is 1. The minimum absolute atomic E-state index is 0.115. The third kappa shape index (κ3) is 7.59. The highest BCUT2D eigenvalue weighted by atomic mass is 35.5. The zero-order chi connectivity index (χ0) is 26.0. The zero-order valence-corrected chi connectivity index (χ0v) is 22.1. The number of carbonyl (C=O) groups is 2. The highest BCUT2D eigenvalue weighted by molar-refractivity contribution is 6.32. The summed E-state index contributed by atoms with van der Waals surface area (Å²) in [5.74, 6) is 0.0675. The molecule has 5 nitrogen and oxygen atoms in total. The number of carbonyl (C=O) groups excluding carboxylic acids is 2. The number of aryl methyl sites for hydroxylation is 1. The Bertz CT molecular complexity index is 1180. The van der Waals surface area contributed by atoms with Crippen LogP contribution >= 0.6 is 11.6 Å². The minimum Gasteiger partial charge on any atom is -0.482 e. The van der Waals surface area contributed by atoms with Gasteiger partial charge >= 0.3 is 0 Å². The maximum atomic E-state index is 13.8. The van der Waals surface area contributed by atoms with E-state index in [0.717, 1.165) is 42.4 Å². The number of para-hydroxylation sites is 1. The van der Waals surface area contributed by atoms with Crippen LogP contribution in [-0.2, 0) is 22.6 Å². The second-order valence-electron chi connectivity index (χ2n) is 9.72.